The van der Waals surface area contributed by atoms with E-state index in [1.54, 1.807) is 25.1 Å². The van der Waals surface area contributed by atoms with Gasteiger partial charge in [-0.1, -0.05) is 12.1 Å². The molecule has 1 saturated heterocycles. The minimum Gasteiger partial charge on any atom is -0.447 e. The van der Waals surface area contributed by atoms with Gasteiger partial charge in [-0.25, -0.2) is 9.78 Å². The van der Waals surface area contributed by atoms with Crippen LogP contribution in [0.3, 0.4) is 0 Å². The summed E-state index contributed by atoms with van der Waals surface area (Å²) in [6, 6.07) is 6.98. The summed E-state index contributed by atoms with van der Waals surface area (Å²) in [6.45, 7) is 0.623. The van der Waals surface area contributed by atoms with Crippen LogP contribution in [0.4, 0.5) is 25.3 Å². The van der Waals surface area contributed by atoms with E-state index in [9.17, 15) is 18.7 Å². The average molecular weight is 394 g/mol. The van der Waals surface area contributed by atoms with Gasteiger partial charge >= 0.3 is 12.7 Å². The van der Waals surface area contributed by atoms with Gasteiger partial charge in [-0.05, 0) is 37.6 Å². The fourth-order valence-electron chi connectivity index (χ4n) is 2.82. The Bertz CT molecular complexity index is 819. The molecular weight excluding hydrogens is 374 g/mol. The van der Waals surface area contributed by atoms with E-state index in [1.807, 2.05) is 6.92 Å². The Kier molecular flexibility index (Phi) is 5.88. The van der Waals surface area contributed by atoms with Crippen molar-refractivity contribution in [2.75, 3.05) is 16.8 Å². The van der Waals surface area contributed by atoms with E-state index in [4.69, 9.17) is 4.74 Å². The standard InChI is InChI=1S/C18H20F2N4O4/c1-10(12-3-5-13(6-4-12)28-16(19)20)22-17-21-8-7-15(23-17)24-14(11(2)25)9-27-18(24)26/h3-8,10-11,14,16,25H,9H2,1-2H3,(H,21,22,23)/t10-,11+,14?/m0/s1. The van der Waals surface area contributed by atoms with Crippen LogP contribution in [0.2, 0.25) is 0 Å². The van der Waals surface area contributed by atoms with E-state index in [0.29, 0.717) is 5.82 Å². The summed E-state index contributed by atoms with van der Waals surface area (Å²) in [6.07, 6.45) is 0.116. The van der Waals surface area contributed by atoms with Crippen molar-refractivity contribution in [1.82, 2.24) is 9.97 Å². The van der Waals surface area contributed by atoms with Crippen LogP contribution in [-0.4, -0.2) is 46.5 Å². The van der Waals surface area contributed by atoms with Crippen molar-refractivity contribution in [3.8, 4) is 5.75 Å². The quantitative estimate of drug-likeness (QED) is 0.745. The summed E-state index contributed by atoms with van der Waals surface area (Å²) < 4.78 is 33.8. The second kappa shape index (κ2) is 8.34. The maximum atomic E-state index is 12.2. The maximum absolute atomic E-state index is 12.2. The number of ether oxygens (including phenoxy) is 2. The third kappa shape index (κ3) is 4.45. The molecule has 2 heterocycles. The van der Waals surface area contributed by atoms with Crippen LogP contribution >= 0.6 is 0 Å². The molecule has 3 atom stereocenters. The number of amides is 1. The van der Waals surface area contributed by atoms with E-state index in [0.717, 1.165) is 5.56 Å². The molecule has 1 aliphatic heterocycles. The molecular formula is C18H20F2N4O4. The van der Waals surface area contributed by atoms with Gasteiger partial charge in [-0.15, -0.1) is 0 Å². The Morgan fingerprint density at radius 1 is 1.29 bits per heavy atom. The monoisotopic (exact) mass is 394 g/mol. The van der Waals surface area contributed by atoms with E-state index >= 15 is 0 Å². The molecule has 8 nitrogen and oxygen atoms in total. The van der Waals surface area contributed by atoms with Crippen molar-refractivity contribution >= 4 is 17.9 Å². The van der Waals surface area contributed by atoms with Crippen molar-refractivity contribution < 1.29 is 28.2 Å². The molecule has 0 radical (unpaired) electrons. The maximum Gasteiger partial charge on any atom is 0.416 e. The zero-order valence-corrected chi connectivity index (χ0v) is 15.3. The molecule has 1 aliphatic rings. The van der Waals surface area contributed by atoms with Gasteiger partial charge in [-0.2, -0.15) is 13.8 Å². The lowest BCUT2D eigenvalue weighted by atomic mass is 10.1. The molecule has 0 saturated carbocycles. The Labute approximate surface area is 160 Å². The lowest BCUT2D eigenvalue weighted by molar-refractivity contribution is -0.0498. The summed E-state index contributed by atoms with van der Waals surface area (Å²) in [5.41, 5.74) is 0.804. The number of hydrogen-bond acceptors (Lipinski definition) is 7. The molecule has 1 fully saturated rings. The van der Waals surface area contributed by atoms with Crippen molar-refractivity contribution in [3.05, 3.63) is 42.1 Å². The fraction of sp³-hybridized carbons (Fsp3) is 0.389. The number of cyclic esters (lactones) is 1. The van der Waals surface area contributed by atoms with Crippen molar-refractivity contribution in [2.24, 2.45) is 0 Å². The van der Waals surface area contributed by atoms with E-state index < -0.39 is 24.9 Å². The van der Waals surface area contributed by atoms with Gasteiger partial charge in [0.2, 0.25) is 5.95 Å². The number of carbonyl (C=O) groups excluding carboxylic acids is 1. The van der Waals surface area contributed by atoms with Crippen LogP contribution in [0.15, 0.2) is 36.5 Å². The van der Waals surface area contributed by atoms with Crippen molar-refractivity contribution in [3.63, 3.8) is 0 Å². The van der Waals surface area contributed by atoms with Gasteiger partial charge in [0.15, 0.2) is 0 Å². The first kappa shape index (κ1) is 19.7. The SMILES string of the molecule is C[C@H](Nc1nccc(N2C(=O)OCC2[C@@H](C)O)n1)c1ccc(OC(F)F)cc1. The summed E-state index contributed by atoms with van der Waals surface area (Å²) in [4.78, 5) is 21.8. The number of hydrogen-bond donors (Lipinski definition) is 2. The summed E-state index contributed by atoms with van der Waals surface area (Å²) in [5.74, 6) is 0.640. The number of nitrogens with one attached hydrogen (secondary N) is 1. The van der Waals surface area contributed by atoms with Crippen LogP contribution < -0.4 is 15.0 Å². The Morgan fingerprint density at radius 3 is 2.64 bits per heavy atom. The summed E-state index contributed by atoms with van der Waals surface area (Å²) in [5, 5.41) is 12.9. The van der Waals surface area contributed by atoms with Gasteiger partial charge in [0.1, 0.15) is 24.2 Å². The number of carbonyl (C=O) groups is 1. The van der Waals surface area contributed by atoms with E-state index in [2.05, 4.69) is 20.0 Å². The van der Waals surface area contributed by atoms with Gasteiger partial charge in [0, 0.05) is 6.20 Å². The normalized spacial score (nSPS) is 18.7. The third-order valence-corrected chi connectivity index (χ3v) is 4.30. The van der Waals surface area contributed by atoms with Gasteiger partial charge < -0.3 is 19.9 Å². The van der Waals surface area contributed by atoms with Crippen LogP contribution in [0.1, 0.15) is 25.5 Å². The molecule has 28 heavy (non-hydrogen) atoms. The van der Waals surface area contributed by atoms with Gasteiger partial charge in [0.25, 0.3) is 0 Å². The molecule has 1 amide bonds. The Hall–Kier alpha value is -3.01. The molecule has 1 aromatic carbocycles. The lowest BCUT2D eigenvalue weighted by Crippen LogP contribution is -2.41. The minimum atomic E-state index is -2.87. The zero-order valence-electron chi connectivity index (χ0n) is 15.3. The molecule has 10 heteroatoms. The van der Waals surface area contributed by atoms with Crippen LogP contribution in [0, 0.1) is 0 Å². The first-order chi connectivity index (χ1) is 13.3. The van der Waals surface area contributed by atoms with Crippen molar-refractivity contribution in [2.45, 2.75) is 38.6 Å². The zero-order chi connectivity index (χ0) is 20.3. The number of aromatic nitrogens is 2. The second-order valence-electron chi connectivity index (χ2n) is 6.31. The highest BCUT2D eigenvalue weighted by Gasteiger charge is 2.38. The smallest absolute Gasteiger partial charge is 0.416 e. The second-order valence-corrected chi connectivity index (χ2v) is 6.31. The van der Waals surface area contributed by atoms with Gasteiger partial charge in [-0.3, -0.25) is 4.90 Å². The lowest BCUT2D eigenvalue weighted by Gasteiger charge is -2.23. The summed E-state index contributed by atoms with van der Waals surface area (Å²) >= 11 is 0. The third-order valence-electron chi connectivity index (χ3n) is 4.30. The highest BCUT2D eigenvalue weighted by Crippen LogP contribution is 2.25. The average Bonchev–Trinajstić information content (AvgIpc) is 3.04. The molecule has 2 N–H and O–H groups in total. The number of aliphatic hydroxyl groups is 1. The fourth-order valence-corrected chi connectivity index (χ4v) is 2.82. The highest BCUT2D eigenvalue weighted by atomic mass is 19.3. The summed E-state index contributed by atoms with van der Waals surface area (Å²) in [7, 11) is 0. The van der Waals surface area contributed by atoms with Crippen LogP contribution in [0.25, 0.3) is 0 Å². The number of nitrogens with zero attached hydrogens (tertiary/aromatic N) is 3. The number of aliphatic hydroxyl groups excluding tert-OH is 1. The van der Waals surface area contributed by atoms with Crippen LogP contribution in [0.5, 0.6) is 5.75 Å². The van der Waals surface area contributed by atoms with E-state index in [1.165, 1.54) is 23.2 Å². The van der Waals surface area contributed by atoms with Crippen molar-refractivity contribution in [1.29, 1.82) is 0 Å². The number of anilines is 2. The first-order valence-electron chi connectivity index (χ1n) is 8.63. The molecule has 150 valence electrons. The predicted molar refractivity (Wildman–Crippen MR) is 96.4 cm³/mol. The topological polar surface area (TPSA) is 96.8 Å². The molecule has 1 unspecified atom stereocenters. The molecule has 1 aromatic heterocycles. The Morgan fingerprint density at radius 2 is 2.00 bits per heavy atom. The van der Waals surface area contributed by atoms with Gasteiger partial charge in [0.05, 0.1) is 12.1 Å². The number of halogens is 2. The predicted octanol–water partition coefficient (Wildman–Crippen LogP) is 2.96. The first-order valence-corrected chi connectivity index (χ1v) is 8.63. The number of benzene rings is 1. The molecule has 2 aromatic rings. The molecule has 0 bridgehead atoms. The molecule has 0 aliphatic carbocycles. The number of alkyl halides is 2. The minimum absolute atomic E-state index is 0.0703. The Balaban J connectivity index is 1.73. The van der Waals surface area contributed by atoms with Crippen LogP contribution in [-0.2, 0) is 4.74 Å². The highest BCUT2D eigenvalue weighted by molar-refractivity contribution is 5.89. The number of rotatable bonds is 7. The largest absolute Gasteiger partial charge is 0.447 e. The van der Waals surface area contributed by atoms with E-state index in [-0.39, 0.29) is 24.3 Å². The molecule has 3 rings (SSSR count). The molecule has 0 spiro atoms.